The maximum Gasteiger partial charge on any atom is 0.132 e. The smallest absolute Gasteiger partial charge is 0.132 e. The number of hydrogen-bond acceptors (Lipinski definition) is 2. The van der Waals surface area contributed by atoms with Crippen LogP contribution >= 0.6 is 0 Å². The number of aromatic nitrogens is 2. The first kappa shape index (κ1) is 13.9. The van der Waals surface area contributed by atoms with Crippen LogP contribution in [0, 0.1) is 0 Å². The Balaban J connectivity index is 2.04. The van der Waals surface area contributed by atoms with Crippen molar-refractivity contribution in [1.29, 1.82) is 0 Å². The van der Waals surface area contributed by atoms with Gasteiger partial charge in [-0.15, -0.1) is 6.58 Å². The lowest BCUT2D eigenvalue weighted by atomic mass is 9.88. The third kappa shape index (κ3) is 2.73. The first-order valence-electron chi connectivity index (χ1n) is 7.83. The zero-order valence-corrected chi connectivity index (χ0v) is 12.5. The summed E-state index contributed by atoms with van der Waals surface area (Å²) in [6.45, 7) is 4.59. The Morgan fingerprint density at radius 2 is 1.90 bits per heavy atom. The third-order valence-corrected chi connectivity index (χ3v) is 4.37. The largest absolute Gasteiger partial charge is 0.383 e. The van der Waals surface area contributed by atoms with Crippen molar-refractivity contribution < 1.29 is 0 Å². The van der Waals surface area contributed by atoms with Crippen LogP contribution in [0.3, 0.4) is 0 Å². The molecule has 21 heavy (non-hydrogen) atoms. The number of nitrogen functional groups attached to an aromatic ring is 1. The molecule has 1 fully saturated rings. The van der Waals surface area contributed by atoms with Crippen molar-refractivity contribution in [3.05, 3.63) is 48.8 Å². The molecule has 0 spiro atoms. The van der Waals surface area contributed by atoms with E-state index in [1.165, 1.54) is 32.1 Å². The standard InChI is InChI=1S/C18H23N3/c1-2-13-21-17(19)16(14-9-5-3-6-10-14)20-18(21)15-11-7-4-8-12-15/h2-3,5-6,9-10,15H,1,4,7-8,11-13,19H2. The van der Waals surface area contributed by atoms with Gasteiger partial charge in [0.05, 0.1) is 0 Å². The van der Waals surface area contributed by atoms with Gasteiger partial charge in [0.25, 0.3) is 0 Å². The molecule has 1 heterocycles. The van der Waals surface area contributed by atoms with Crippen LogP contribution in [0.1, 0.15) is 43.8 Å². The van der Waals surface area contributed by atoms with Gasteiger partial charge in [-0.05, 0) is 12.8 Å². The van der Waals surface area contributed by atoms with Gasteiger partial charge in [-0.2, -0.15) is 0 Å². The van der Waals surface area contributed by atoms with Crippen molar-refractivity contribution in [3.63, 3.8) is 0 Å². The summed E-state index contributed by atoms with van der Waals surface area (Å²) in [5.74, 6) is 2.45. The zero-order chi connectivity index (χ0) is 14.7. The van der Waals surface area contributed by atoms with Crippen LogP contribution in [0.15, 0.2) is 43.0 Å². The van der Waals surface area contributed by atoms with Crippen LogP contribution in [0.2, 0.25) is 0 Å². The van der Waals surface area contributed by atoms with Crippen LogP contribution in [-0.2, 0) is 6.54 Å². The van der Waals surface area contributed by atoms with E-state index in [1.807, 2.05) is 24.3 Å². The zero-order valence-electron chi connectivity index (χ0n) is 12.5. The maximum atomic E-state index is 6.38. The van der Waals surface area contributed by atoms with Gasteiger partial charge >= 0.3 is 0 Å². The van der Waals surface area contributed by atoms with Gasteiger partial charge in [-0.1, -0.05) is 55.7 Å². The van der Waals surface area contributed by atoms with Crippen molar-refractivity contribution in [2.45, 2.75) is 44.6 Å². The minimum atomic E-state index is 0.540. The van der Waals surface area contributed by atoms with E-state index in [2.05, 4.69) is 23.3 Å². The van der Waals surface area contributed by atoms with Crippen molar-refractivity contribution in [3.8, 4) is 11.3 Å². The van der Waals surface area contributed by atoms with Crippen LogP contribution in [0.4, 0.5) is 5.82 Å². The Bertz CT molecular complexity index is 607. The summed E-state index contributed by atoms with van der Waals surface area (Å²) >= 11 is 0. The highest BCUT2D eigenvalue weighted by Crippen LogP contribution is 2.36. The third-order valence-electron chi connectivity index (χ3n) is 4.37. The minimum Gasteiger partial charge on any atom is -0.383 e. The van der Waals surface area contributed by atoms with E-state index in [0.29, 0.717) is 5.92 Å². The van der Waals surface area contributed by atoms with Crippen LogP contribution in [0.5, 0.6) is 0 Å². The Labute approximate surface area is 126 Å². The molecule has 110 valence electrons. The first-order chi connectivity index (χ1) is 10.3. The molecular weight excluding hydrogens is 258 g/mol. The predicted molar refractivity (Wildman–Crippen MR) is 88.1 cm³/mol. The second-order valence-electron chi connectivity index (χ2n) is 5.80. The van der Waals surface area contributed by atoms with E-state index in [0.717, 1.165) is 29.4 Å². The number of imidazole rings is 1. The molecule has 0 amide bonds. The maximum absolute atomic E-state index is 6.38. The second kappa shape index (κ2) is 6.17. The van der Waals surface area contributed by atoms with E-state index in [-0.39, 0.29) is 0 Å². The summed E-state index contributed by atoms with van der Waals surface area (Å²) in [5, 5.41) is 0. The summed E-state index contributed by atoms with van der Waals surface area (Å²) in [6, 6.07) is 10.2. The number of rotatable bonds is 4. The lowest BCUT2D eigenvalue weighted by molar-refractivity contribution is 0.419. The molecule has 0 aliphatic heterocycles. The molecule has 2 N–H and O–H groups in total. The number of anilines is 1. The molecular formula is C18H23N3. The van der Waals surface area contributed by atoms with Crippen LogP contribution in [0.25, 0.3) is 11.3 Å². The second-order valence-corrected chi connectivity index (χ2v) is 5.80. The Morgan fingerprint density at radius 1 is 1.19 bits per heavy atom. The van der Waals surface area contributed by atoms with E-state index in [1.54, 1.807) is 0 Å². The Morgan fingerprint density at radius 3 is 2.57 bits per heavy atom. The summed E-state index contributed by atoms with van der Waals surface area (Å²) in [5.41, 5.74) is 8.39. The normalized spacial score (nSPS) is 16.0. The van der Waals surface area contributed by atoms with Crippen LogP contribution in [-0.4, -0.2) is 9.55 Å². The highest BCUT2D eigenvalue weighted by molar-refractivity contribution is 5.71. The van der Waals surface area contributed by atoms with E-state index >= 15 is 0 Å². The van der Waals surface area contributed by atoms with Crippen molar-refractivity contribution in [2.24, 2.45) is 0 Å². The molecule has 0 saturated heterocycles. The van der Waals surface area contributed by atoms with Gasteiger partial charge in [0.2, 0.25) is 0 Å². The van der Waals surface area contributed by atoms with E-state index in [9.17, 15) is 0 Å². The molecule has 3 rings (SSSR count). The number of benzene rings is 1. The summed E-state index contributed by atoms with van der Waals surface area (Å²) < 4.78 is 2.14. The molecule has 3 heteroatoms. The van der Waals surface area contributed by atoms with Gasteiger partial charge in [0.1, 0.15) is 17.3 Å². The lowest BCUT2D eigenvalue weighted by Gasteiger charge is -2.22. The molecule has 1 aliphatic rings. The van der Waals surface area contributed by atoms with Crippen LogP contribution < -0.4 is 5.73 Å². The molecule has 0 atom stereocenters. The molecule has 3 nitrogen and oxygen atoms in total. The molecule has 1 aromatic carbocycles. The number of nitrogens with two attached hydrogens (primary N) is 1. The average Bonchev–Trinajstić information content (AvgIpc) is 2.87. The summed E-state index contributed by atoms with van der Waals surface area (Å²) in [4.78, 5) is 4.91. The summed E-state index contributed by atoms with van der Waals surface area (Å²) in [6.07, 6.45) is 8.29. The quantitative estimate of drug-likeness (QED) is 0.846. The highest BCUT2D eigenvalue weighted by atomic mass is 15.1. The Hall–Kier alpha value is -2.03. The first-order valence-corrected chi connectivity index (χ1v) is 7.83. The topological polar surface area (TPSA) is 43.8 Å². The predicted octanol–water partition coefficient (Wildman–Crippen LogP) is 4.37. The molecule has 0 radical (unpaired) electrons. The van der Waals surface area contributed by atoms with Gasteiger partial charge in [0.15, 0.2) is 0 Å². The minimum absolute atomic E-state index is 0.540. The van der Waals surface area contributed by atoms with E-state index in [4.69, 9.17) is 10.7 Å². The van der Waals surface area contributed by atoms with Gasteiger partial charge in [-0.25, -0.2) is 4.98 Å². The molecule has 0 unspecified atom stereocenters. The molecule has 1 aromatic heterocycles. The fraction of sp³-hybridized carbons (Fsp3) is 0.389. The van der Waals surface area contributed by atoms with Gasteiger partial charge < -0.3 is 10.3 Å². The Kier molecular flexibility index (Phi) is 4.09. The monoisotopic (exact) mass is 281 g/mol. The molecule has 1 aliphatic carbocycles. The van der Waals surface area contributed by atoms with Gasteiger partial charge in [0, 0.05) is 18.0 Å². The van der Waals surface area contributed by atoms with E-state index < -0.39 is 0 Å². The molecule has 1 saturated carbocycles. The molecule has 2 aromatic rings. The highest BCUT2D eigenvalue weighted by Gasteiger charge is 2.24. The fourth-order valence-electron chi connectivity index (χ4n) is 3.29. The fourth-order valence-corrected chi connectivity index (χ4v) is 3.29. The number of hydrogen-bond donors (Lipinski definition) is 1. The van der Waals surface area contributed by atoms with Crippen molar-refractivity contribution >= 4 is 5.82 Å². The molecule has 0 bridgehead atoms. The average molecular weight is 281 g/mol. The lowest BCUT2D eigenvalue weighted by Crippen LogP contribution is -2.13. The SMILES string of the molecule is C=CCn1c(C2CCCCC2)nc(-c2ccccc2)c1N. The number of allylic oxidation sites excluding steroid dienone is 1. The number of nitrogens with zero attached hydrogens (tertiary/aromatic N) is 2. The van der Waals surface area contributed by atoms with Crippen molar-refractivity contribution in [1.82, 2.24) is 9.55 Å². The van der Waals surface area contributed by atoms with Crippen molar-refractivity contribution in [2.75, 3.05) is 5.73 Å². The van der Waals surface area contributed by atoms with Gasteiger partial charge in [-0.3, -0.25) is 0 Å². The summed E-state index contributed by atoms with van der Waals surface area (Å²) in [7, 11) is 0.